The molecule has 0 atom stereocenters. The number of nitrogens with zero attached hydrogens (tertiary/aromatic N) is 2. The van der Waals surface area contributed by atoms with Gasteiger partial charge in [-0.05, 0) is 73.2 Å². The zero-order valence-corrected chi connectivity index (χ0v) is 18.6. The lowest BCUT2D eigenvalue weighted by molar-refractivity contribution is -0.120. The molecule has 7 heteroatoms. The van der Waals surface area contributed by atoms with Crippen molar-refractivity contribution in [1.29, 1.82) is 0 Å². The number of anilines is 2. The van der Waals surface area contributed by atoms with Crippen LogP contribution in [0.1, 0.15) is 18.9 Å². The first-order chi connectivity index (χ1) is 16.1. The van der Waals surface area contributed by atoms with Crippen LogP contribution < -0.4 is 19.7 Å². The van der Waals surface area contributed by atoms with Crippen LogP contribution in [0.15, 0.2) is 77.8 Å². The van der Waals surface area contributed by atoms with E-state index in [2.05, 4.69) is 5.32 Å². The standard InChI is InChI=1S/C26H25N3O4/c1-3-33-21-14-10-19(11-15-21)27-25(30)17-29-24-7-5-4-6-22(24)28-23(16-26(29)31)18-8-12-20(32-2)13-9-18/h4-15H,3,16-17H2,1-2H3,(H,27,30). The van der Waals surface area contributed by atoms with Crippen molar-refractivity contribution in [2.24, 2.45) is 4.99 Å². The quantitative estimate of drug-likeness (QED) is 0.579. The Labute approximate surface area is 192 Å². The third kappa shape index (κ3) is 5.20. The van der Waals surface area contributed by atoms with Gasteiger partial charge in [0.25, 0.3) is 0 Å². The highest BCUT2D eigenvalue weighted by atomic mass is 16.5. The number of aliphatic imine (C=N–C) groups is 1. The van der Waals surface area contributed by atoms with Gasteiger partial charge in [0.1, 0.15) is 18.0 Å². The first-order valence-electron chi connectivity index (χ1n) is 10.7. The first-order valence-corrected chi connectivity index (χ1v) is 10.7. The van der Waals surface area contributed by atoms with Crippen molar-refractivity contribution in [2.75, 3.05) is 30.5 Å². The lowest BCUT2D eigenvalue weighted by Crippen LogP contribution is -2.38. The SMILES string of the molecule is CCOc1ccc(NC(=O)CN2C(=O)CC(c3ccc(OC)cc3)=Nc3ccccc32)cc1. The molecule has 1 heterocycles. The molecule has 4 rings (SSSR count). The molecule has 1 N–H and O–H groups in total. The average molecular weight is 444 g/mol. The molecule has 0 aromatic heterocycles. The smallest absolute Gasteiger partial charge is 0.244 e. The van der Waals surface area contributed by atoms with Crippen molar-refractivity contribution in [3.63, 3.8) is 0 Å². The summed E-state index contributed by atoms with van der Waals surface area (Å²) in [5.41, 5.74) is 3.36. The van der Waals surface area contributed by atoms with Crippen LogP contribution in [-0.2, 0) is 9.59 Å². The summed E-state index contributed by atoms with van der Waals surface area (Å²) in [6.45, 7) is 2.37. The van der Waals surface area contributed by atoms with Crippen molar-refractivity contribution >= 4 is 34.6 Å². The zero-order valence-electron chi connectivity index (χ0n) is 18.6. The van der Waals surface area contributed by atoms with E-state index in [0.717, 1.165) is 17.1 Å². The topological polar surface area (TPSA) is 80.2 Å². The maximum atomic E-state index is 13.2. The van der Waals surface area contributed by atoms with E-state index in [1.54, 1.807) is 37.4 Å². The molecule has 3 aromatic carbocycles. The van der Waals surface area contributed by atoms with Crippen molar-refractivity contribution in [2.45, 2.75) is 13.3 Å². The first kappa shape index (κ1) is 22.1. The lowest BCUT2D eigenvalue weighted by Gasteiger charge is -2.22. The monoisotopic (exact) mass is 443 g/mol. The minimum Gasteiger partial charge on any atom is -0.497 e. The number of carbonyl (C=O) groups excluding carboxylic acids is 2. The van der Waals surface area contributed by atoms with Gasteiger partial charge in [-0.25, -0.2) is 0 Å². The van der Waals surface area contributed by atoms with Crippen molar-refractivity contribution in [3.8, 4) is 11.5 Å². The van der Waals surface area contributed by atoms with E-state index in [-0.39, 0.29) is 24.8 Å². The van der Waals surface area contributed by atoms with Gasteiger partial charge in [0.2, 0.25) is 11.8 Å². The van der Waals surface area contributed by atoms with Gasteiger partial charge in [-0.15, -0.1) is 0 Å². The third-order valence-corrected chi connectivity index (χ3v) is 5.22. The van der Waals surface area contributed by atoms with Gasteiger partial charge in [-0.3, -0.25) is 14.6 Å². The van der Waals surface area contributed by atoms with E-state index >= 15 is 0 Å². The molecule has 0 unspecified atom stereocenters. The Kier molecular flexibility index (Phi) is 6.69. The maximum absolute atomic E-state index is 13.2. The molecule has 0 aliphatic carbocycles. The Morgan fingerprint density at radius 3 is 2.39 bits per heavy atom. The number of ether oxygens (including phenoxy) is 2. The average Bonchev–Trinajstić information content (AvgIpc) is 2.97. The molecule has 1 aliphatic rings. The summed E-state index contributed by atoms with van der Waals surface area (Å²) in [6, 6.07) is 21.9. The van der Waals surface area contributed by atoms with Crippen LogP contribution in [0.25, 0.3) is 0 Å². The van der Waals surface area contributed by atoms with Gasteiger partial charge < -0.3 is 19.7 Å². The summed E-state index contributed by atoms with van der Waals surface area (Å²) < 4.78 is 10.6. The summed E-state index contributed by atoms with van der Waals surface area (Å²) in [6.07, 6.45) is 0.0807. The van der Waals surface area contributed by atoms with Crippen LogP contribution in [0.5, 0.6) is 11.5 Å². The summed E-state index contributed by atoms with van der Waals surface area (Å²) >= 11 is 0. The van der Waals surface area contributed by atoms with Gasteiger partial charge >= 0.3 is 0 Å². The number of carbonyl (C=O) groups is 2. The second-order valence-corrected chi connectivity index (χ2v) is 7.44. The Bertz CT molecular complexity index is 1170. The number of nitrogens with one attached hydrogen (secondary N) is 1. The fourth-order valence-electron chi connectivity index (χ4n) is 3.61. The fourth-order valence-corrected chi connectivity index (χ4v) is 3.61. The largest absolute Gasteiger partial charge is 0.497 e. The summed E-state index contributed by atoms with van der Waals surface area (Å²) in [7, 11) is 1.61. The van der Waals surface area contributed by atoms with Gasteiger partial charge in [-0.1, -0.05) is 12.1 Å². The van der Waals surface area contributed by atoms with E-state index in [4.69, 9.17) is 14.5 Å². The fraction of sp³-hybridized carbons (Fsp3) is 0.192. The minimum absolute atomic E-state index is 0.0807. The lowest BCUT2D eigenvalue weighted by atomic mass is 10.1. The second-order valence-electron chi connectivity index (χ2n) is 7.44. The molecule has 7 nitrogen and oxygen atoms in total. The highest BCUT2D eigenvalue weighted by Gasteiger charge is 2.26. The molecule has 0 radical (unpaired) electrons. The highest BCUT2D eigenvalue weighted by Crippen LogP contribution is 2.33. The number of amides is 2. The number of fused-ring (bicyclic) bond motifs is 1. The Balaban J connectivity index is 1.54. The highest BCUT2D eigenvalue weighted by molar-refractivity contribution is 6.19. The van der Waals surface area contributed by atoms with Crippen LogP contribution in [0, 0.1) is 0 Å². The molecule has 33 heavy (non-hydrogen) atoms. The Morgan fingerprint density at radius 1 is 1.00 bits per heavy atom. The summed E-state index contributed by atoms with van der Waals surface area (Å²) in [5.74, 6) is 0.967. The normalized spacial score (nSPS) is 13.0. The van der Waals surface area contributed by atoms with E-state index in [1.165, 1.54) is 4.90 Å². The van der Waals surface area contributed by atoms with Gasteiger partial charge in [0, 0.05) is 5.69 Å². The molecule has 1 aliphatic heterocycles. The number of para-hydroxylation sites is 2. The second kappa shape index (κ2) is 9.99. The molecule has 3 aromatic rings. The Hall–Kier alpha value is -4.13. The molecule has 2 amide bonds. The number of rotatable bonds is 7. The third-order valence-electron chi connectivity index (χ3n) is 5.22. The van der Waals surface area contributed by atoms with Crippen LogP contribution in [0.3, 0.4) is 0 Å². The molecule has 0 fully saturated rings. The van der Waals surface area contributed by atoms with Gasteiger partial charge in [0.05, 0.1) is 37.2 Å². The van der Waals surface area contributed by atoms with E-state index in [1.807, 2.05) is 49.4 Å². The number of methoxy groups -OCH3 is 1. The van der Waals surface area contributed by atoms with Crippen LogP contribution in [-0.4, -0.2) is 37.8 Å². The van der Waals surface area contributed by atoms with Crippen LogP contribution in [0.4, 0.5) is 17.1 Å². The van der Waals surface area contributed by atoms with E-state index in [0.29, 0.717) is 29.4 Å². The van der Waals surface area contributed by atoms with Crippen molar-refractivity contribution in [3.05, 3.63) is 78.4 Å². The number of benzene rings is 3. The van der Waals surface area contributed by atoms with Crippen molar-refractivity contribution < 1.29 is 19.1 Å². The predicted octanol–water partition coefficient (Wildman–Crippen LogP) is 4.59. The zero-order chi connectivity index (χ0) is 23.2. The molecule has 0 spiro atoms. The summed E-state index contributed by atoms with van der Waals surface area (Å²) in [4.78, 5) is 32.2. The maximum Gasteiger partial charge on any atom is 0.244 e. The molecule has 168 valence electrons. The Morgan fingerprint density at radius 2 is 1.70 bits per heavy atom. The van der Waals surface area contributed by atoms with Crippen LogP contribution >= 0.6 is 0 Å². The molecule has 0 saturated carbocycles. The molecule has 0 bridgehead atoms. The summed E-state index contributed by atoms with van der Waals surface area (Å²) in [5, 5.41) is 2.85. The van der Waals surface area contributed by atoms with Crippen molar-refractivity contribution in [1.82, 2.24) is 0 Å². The van der Waals surface area contributed by atoms with Gasteiger partial charge in [-0.2, -0.15) is 0 Å². The van der Waals surface area contributed by atoms with Crippen LogP contribution in [0.2, 0.25) is 0 Å². The molecular formula is C26H25N3O4. The minimum atomic E-state index is -0.296. The predicted molar refractivity (Wildman–Crippen MR) is 129 cm³/mol. The number of hydrogen-bond acceptors (Lipinski definition) is 5. The van der Waals surface area contributed by atoms with E-state index < -0.39 is 0 Å². The molecular weight excluding hydrogens is 418 g/mol. The van der Waals surface area contributed by atoms with E-state index in [9.17, 15) is 9.59 Å². The number of hydrogen-bond donors (Lipinski definition) is 1. The molecule has 0 saturated heterocycles. The van der Waals surface area contributed by atoms with Gasteiger partial charge in [0.15, 0.2) is 0 Å².